The van der Waals surface area contributed by atoms with Gasteiger partial charge in [-0.25, -0.2) is 0 Å². The van der Waals surface area contributed by atoms with E-state index < -0.39 is 0 Å². The first-order valence-corrected chi connectivity index (χ1v) is 9.21. The molecule has 0 aromatic heterocycles. The Balaban J connectivity index is 0.00000420. The molecule has 0 saturated carbocycles. The highest BCUT2D eigenvalue weighted by atomic mass is 127. The van der Waals surface area contributed by atoms with Crippen molar-refractivity contribution in [2.24, 2.45) is 4.99 Å². The Morgan fingerprint density at radius 1 is 1.00 bits per heavy atom. The van der Waals surface area contributed by atoms with Crippen LogP contribution in [0.15, 0.2) is 59.6 Å². The van der Waals surface area contributed by atoms with E-state index >= 15 is 0 Å². The SMILES string of the molecule is CN=C(NCCNC(=O)c1ccccc1)NCC(C)Oc1cccc(OC)c1.I. The number of halogens is 1. The standard InChI is InChI=1S/C21H28N4O3.HI/c1-16(28-19-11-7-10-18(14-19)27-3)15-25-21(22-2)24-13-12-23-20(26)17-8-5-4-6-9-17;/h4-11,14,16H,12-13,15H2,1-3H3,(H,23,26)(H2,22,24,25);1H. The van der Waals surface area contributed by atoms with E-state index in [1.54, 1.807) is 26.3 Å². The molecule has 1 atom stereocenters. The van der Waals surface area contributed by atoms with Crippen molar-refractivity contribution in [1.82, 2.24) is 16.0 Å². The van der Waals surface area contributed by atoms with E-state index in [-0.39, 0.29) is 36.0 Å². The Morgan fingerprint density at radius 3 is 2.38 bits per heavy atom. The first kappa shape index (κ1) is 24.5. The zero-order chi connectivity index (χ0) is 20.2. The van der Waals surface area contributed by atoms with Gasteiger partial charge in [0.05, 0.1) is 13.7 Å². The lowest BCUT2D eigenvalue weighted by Gasteiger charge is -2.18. The molecule has 1 amide bonds. The molecule has 0 heterocycles. The van der Waals surface area contributed by atoms with E-state index in [1.165, 1.54) is 0 Å². The molecule has 0 fully saturated rings. The summed E-state index contributed by atoms with van der Waals surface area (Å²) < 4.78 is 11.1. The maximum atomic E-state index is 12.0. The van der Waals surface area contributed by atoms with Crippen molar-refractivity contribution in [2.45, 2.75) is 13.0 Å². The second kappa shape index (κ2) is 13.6. The molecule has 0 radical (unpaired) electrons. The lowest BCUT2D eigenvalue weighted by molar-refractivity contribution is 0.0954. The summed E-state index contributed by atoms with van der Waals surface area (Å²) in [6.45, 7) is 3.60. The second-order valence-electron chi connectivity index (χ2n) is 6.11. The number of methoxy groups -OCH3 is 1. The zero-order valence-electron chi connectivity index (χ0n) is 17.0. The van der Waals surface area contributed by atoms with Crippen molar-refractivity contribution >= 4 is 35.8 Å². The Morgan fingerprint density at radius 2 is 1.69 bits per heavy atom. The largest absolute Gasteiger partial charge is 0.497 e. The molecule has 2 aromatic carbocycles. The highest BCUT2D eigenvalue weighted by Crippen LogP contribution is 2.19. The third-order valence-electron chi connectivity index (χ3n) is 3.90. The third kappa shape index (κ3) is 9.03. The molecule has 0 aliphatic heterocycles. The van der Waals surface area contributed by atoms with Crippen LogP contribution in [0.1, 0.15) is 17.3 Å². The first-order chi connectivity index (χ1) is 13.6. The van der Waals surface area contributed by atoms with Crippen LogP contribution in [0, 0.1) is 0 Å². The van der Waals surface area contributed by atoms with Gasteiger partial charge in [-0.2, -0.15) is 0 Å². The number of hydrogen-bond donors (Lipinski definition) is 3. The molecule has 0 aliphatic rings. The van der Waals surface area contributed by atoms with Crippen LogP contribution in [0.5, 0.6) is 11.5 Å². The summed E-state index contributed by atoms with van der Waals surface area (Å²) in [4.78, 5) is 16.2. The van der Waals surface area contributed by atoms with E-state index in [0.717, 1.165) is 11.5 Å². The second-order valence-corrected chi connectivity index (χ2v) is 6.11. The van der Waals surface area contributed by atoms with E-state index in [9.17, 15) is 4.79 Å². The molecule has 3 N–H and O–H groups in total. The average Bonchev–Trinajstić information content (AvgIpc) is 2.73. The van der Waals surface area contributed by atoms with Gasteiger partial charge in [-0.3, -0.25) is 9.79 Å². The summed E-state index contributed by atoms with van der Waals surface area (Å²) in [5.41, 5.74) is 0.647. The molecule has 1 unspecified atom stereocenters. The summed E-state index contributed by atoms with van der Waals surface area (Å²) in [5.74, 6) is 2.06. The quantitative estimate of drug-likeness (QED) is 0.208. The van der Waals surface area contributed by atoms with Gasteiger partial charge in [-0.1, -0.05) is 24.3 Å². The smallest absolute Gasteiger partial charge is 0.251 e. The minimum absolute atomic E-state index is 0. The van der Waals surface area contributed by atoms with Crippen molar-refractivity contribution in [3.05, 3.63) is 60.2 Å². The average molecular weight is 512 g/mol. The van der Waals surface area contributed by atoms with Crippen molar-refractivity contribution in [1.29, 1.82) is 0 Å². The number of ether oxygens (including phenoxy) is 2. The predicted molar refractivity (Wildman–Crippen MR) is 127 cm³/mol. The van der Waals surface area contributed by atoms with E-state index in [1.807, 2.05) is 49.4 Å². The monoisotopic (exact) mass is 512 g/mol. The Labute approximate surface area is 189 Å². The van der Waals surface area contributed by atoms with Gasteiger partial charge in [0, 0.05) is 31.8 Å². The lowest BCUT2D eigenvalue weighted by atomic mass is 10.2. The molecule has 158 valence electrons. The fraction of sp³-hybridized carbons (Fsp3) is 0.333. The summed E-state index contributed by atoms with van der Waals surface area (Å²) in [6, 6.07) is 16.6. The van der Waals surface area contributed by atoms with Gasteiger partial charge < -0.3 is 25.4 Å². The van der Waals surface area contributed by atoms with Crippen LogP contribution in [0.4, 0.5) is 0 Å². The molecule has 8 heteroatoms. The minimum atomic E-state index is -0.0920. The normalized spacial score (nSPS) is 11.6. The number of hydrogen-bond acceptors (Lipinski definition) is 4. The predicted octanol–water partition coefficient (Wildman–Crippen LogP) is 2.68. The van der Waals surface area contributed by atoms with Gasteiger partial charge in [0.25, 0.3) is 5.91 Å². The fourth-order valence-electron chi connectivity index (χ4n) is 2.46. The van der Waals surface area contributed by atoms with Crippen LogP contribution in [0.3, 0.4) is 0 Å². The molecule has 29 heavy (non-hydrogen) atoms. The number of aliphatic imine (C=N–C) groups is 1. The van der Waals surface area contributed by atoms with E-state index in [4.69, 9.17) is 9.47 Å². The van der Waals surface area contributed by atoms with E-state index in [2.05, 4.69) is 20.9 Å². The van der Waals surface area contributed by atoms with Crippen LogP contribution in [-0.4, -0.2) is 51.8 Å². The third-order valence-corrected chi connectivity index (χ3v) is 3.90. The van der Waals surface area contributed by atoms with Crippen LogP contribution >= 0.6 is 24.0 Å². The molecular weight excluding hydrogens is 483 g/mol. The van der Waals surface area contributed by atoms with Crippen molar-refractivity contribution in [2.75, 3.05) is 33.8 Å². The van der Waals surface area contributed by atoms with Crippen LogP contribution in [-0.2, 0) is 0 Å². The number of nitrogens with zero attached hydrogens (tertiary/aromatic N) is 1. The van der Waals surface area contributed by atoms with E-state index in [0.29, 0.717) is 31.2 Å². The fourth-order valence-corrected chi connectivity index (χ4v) is 2.46. The summed E-state index contributed by atoms with van der Waals surface area (Å²) in [5, 5.41) is 9.24. The summed E-state index contributed by atoms with van der Waals surface area (Å²) in [6.07, 6.45) is -0.0663. The van der Waals surface area contributed by atoms with Gasteiger partial charge in [-0.05, 0) is 31.2 Å². The molecule has 0 bridgehead atoms. The highest BCUT2D eigenvalue weighted by molar-refractivity contribution is 14.0. The number of guanidine groups is 1. The van der Waals surface area contributed by atoms with Gasteiger partial charge in [-0.15, -0.1) is 24.0 Å². The molecule has 0 spiro atoms. The van der Waals surface area contributed by atoms with Gasteiger partial charge in [0.1, 0.15) is 17.6 Å². The van der Waals surface area contributed by atoms with Crippen molar-refractivity contribution in [3.63, 3.8) is 0 Å². The summed E-state index contributed by atoms with van der Waals surface area (Å²) in [7, 11) is 3.33. The molecule has 2 rings (SSSR count). The molecule has 2 aromatic rings. The lowest BCUT2D eigenvalue weighted by Crippen LogP contribution is -2.44. The van der Waals surface area contributed by atoms with Crippen LogP contribution < -0.4 is 25.4 Å². The Hall–Kier alpha value is -2.49. The van der Waals surface area contributed by atoms with Crippen LogP contribution in [0.25, 0.3) is 0 Å². The van der Waals surface area contributed by atoms with Gasteiger partial charge in [0.15, 0.2) is 5.96 Å². The molecule has 0 aliphatic carbocycles. The molecule has 0 saturated heterocycles. The Kier molecular flexibility index (Phi) is 11.6. The maximum Gasteiger partial charge on any atom is 0.251 e. The molecule has 7 nitrogen and oxygen atoms in total. The zero-order valence-corrected chi connectivity index (χ0v) is 19.3. The van der Waals surface area contributed by atoms with Crippen molar-refractivity contribution in [3.8, 4) is 11.5 Å². The Bertz CT molecular complexity index is 772. The van der Waals surface area contributed by atoms with Gasteiger partial charge >= 0.3 is 0 Å². The number of carbonyl (C=O) groups excluding carboxylic acids is 1. The molecular formula is C21H29IN4O3. The number of amides is 1. The number of rotatable bonds is 9. The first-order valence-electron chi connectivity index (χ1n) is 9.21. The van der Waals surface area contributed by atoms with Gasteiger partial charge in [0.2, 0.25) is 0 Å². The highest BCUT2D eigenvalue weighted by Gasteiger charge is 2.07. The maximum absolute atomic E-state index is 12.0. The van der Waals surface area contributed by atoms with Crippen molar-refractivity contribution < 1.29 is 14.3 Å². The minimum Gasteiger partial charge on any atom is -0.497 e. The topological polar surface area (TPSA) is 84.0 Å². The summed E-state index contributed by atoms with van der Waals surface area (Å²) >= 11 is 0. The number of benzene rings is 2. The number of nitrogens with one attached hydrogen (secondary N) is 3. The number of carbonyl (C=O) groups is 1. The van der Waals surface area contributed by atoms with Crippen LogP contribution in [0.2, 0.25) is 0 Å².